The van der Waals surface area contributed by atoms with E-state index in [1.54, 1.807) is 11.6 Å². The Bertz CT molecular complexity index is 803. The van der Waals surface area contributed by atoms with Gasteiger partial charge in [-0.3, -0.25) is 4.68 Å². The van der Waals surface area contributed by atoms with E-state index in [-0.39, 0.29) is 0 Å². The monoisotopic (exact) mass is 304 g/mol. The van der Waals surface area contributed by atoms with E-state index in [0.717, 1.165) is 22.3 Å². The molecule has 2 aromatic heterocycles. The van der Waals surface area contributed by atoms with Crippen LogP contribution in [0.1, 0.15) is 30.1 Å². The number of hydrogen-bond donors (Lipinski definition) is 1. The van der Waals surface area contributed by atoms with Gasteiger partial charge in [-0.1, -0.05) is 23.7 Å². The van der Waals surface area contributed by atoms with Crippen molar-refractivity contribution in [1.82, 2.24) is 19.3 Å². The van der Waals surface area contributed by atoms with Gasteiger partial charge in [0.2, 0.25) is 0 Å². The summed E-state index contributed by atoms with van der Waals surface area (Å²) in [6.45, 7) is 4.19. The number of aryl methyl sites for hydroxylation is 2. The molecule has 0 unspecified atom stereocenters. The van der Waals surface area contributed by atoms with Crippen molar-refractivity contribution in [1.29, 1.82) is 0 Å². The lowest BCUT2D eigenvalue weighted by atomic mass is 10.2. The zero-order valence-corrected chi connectivity index (χ0v) is 13.0. The van der Waals surface area contributed by atoms with Crippen LogP contribution in [0.4, 0.5) is 0 Å². The van der Waals surface area contributed by atoms with Gasteiger partial charge >= 0.3 is 0 Å². The Morgan fingerprint density at radius 1 is 1.33 bits per heavy atom. The standard InChI is InChI=1S/C15H17ClN4O/c1-9-11(14(16)19(3)18-9)8-20-13-7-5-4-6-12(13)17-15(20)10(2)21/h4-7,10,21H,8H2,1-3H3/t10-/m0/s1. The number of hydrogen-bond acceptors (Lipinski definition) is 3. The summed E-state index contributed by atoms with van der Waals surface area (Å²) in [6.07, 6.45) is -0.645. The molecule has 0 aliphatic heterocycles. The Kier molecular flexibility index (Phi) is 3.47. The molecule has 3 aromatic rings. The van der Waals surface area contributed by atoms with Crippen molar-refractivity contribution in [3.05, 3.63) is 46.5 Å². The van der Waals surface area contributed by atoms with Crippen LogP contribution < -0.4 is 0 Å². The van der Waals surface area contributed by atoms with Crippen molar-refractivity contribution in [3.63, 3.8) is 0 Å². The molecule has 0 radical (unpaired) electrons. The number of imidazole rings is 1. The number of fused-ring (bicyclic) bond motifs is 1. The minimum Gasteiger partial charge on any atom is -0.385 e. The molecule has 21 heavy (non-hydrogen) atoms. The van der Waals surface area contributed by atoms with E-state index in [0.29, 0.717) is 17.5 Å². The number of aromatic nitrogens is 4. The number of nitrogens with zero attached hydrogens (tertiary/aromatic N) is 4. The largest absolute Gasteiger partial charge is 0.385 e. The molecule has 0 saturated heterocycles. The quantitative estimate of drug-likeness (QED) is 0.809. The molecule has 1 N–H and O–H groups in total. The molecule has 3 rings (SSSR count). The fourth-order valence-corrected chi connectivity index (χ4v) is 2.83. The summed E-state index contributed by atoms with van der Waals surface area (Å²) in [5, 5.41) is 14.9. The lowest BCUT2D eigenvalue weighted by Crippen LogP contribution is -2.08. The van der Waals surface area contributed by atoms with E-state index in [4.69, 9.17) is 11.6 Å². The second-order valence-corrected chi connectivity index (χ2v) is 5.56. The first kappa shape index (κ1) is 14.1. The molecule has 6 heteroatoms. The van der Waals surface area contributed by atoms with E-state index in [2.05, 4.69) is 10.1 Å². The van der Waals surface area contributed by atoms with Crippen LogP contribution >= 0.6 is 11.6 Å². The van der Waals surface area contributed by atoms with E-state index in [9.17, 15) is 5.11 Å². The summed E-state index contributed by atoms with van der Waals surface area (Å²) in [7, 11) is 1.82. The fourth-order valence-electron chi connectivity index (χ4n) is 2.59. The van der Waals surface area contributed by atoms with Crippen molar-refractivity contribution in [2.24, 2.45) is 7.05 Å². The third-order valence-electron chi connectivity index (χ3n) is 3.64. The lowest BCUT2D eigenvalue weighted by molar-refractivity contribution is 0.185. The summed E-state index contributed by atoms with van der Waals surface area (Å²) < 4.78 is 3.66. The van der Waals surface area contributed by atoms with Crippen LogP contribution in [0, 0.1) is 6.92 Å². The van der Waals surface area contributed by atoms with Crippen molar-refractivity contribution >= 4 is 22.6 Å². The average Bonchev–Trinajstić information content (AvgIpc) is 2.93. The van der Waals surface area contributed by atoms with Gasteiger partial charge in [-0.05, 0) is 26.0 Å². The van der Waals surface area contributed by atoms with Crippen LogP contribution in [0.2, 0.25) is 5.15 Å². The van der Waals surface area contributed by atoms with Gasteiger partial charge in [0.05, 0.1) is 23.3 Å². The number of para-hydroxylation sites is 2. The Balaban J connectivity index is 2.17. The highest BCUT2D eigenvalue weighted by Crippen LogP contribution is 2.25. The Labute approximate surface area is 127 Å². The van der Waals surface area contributed by atoms with Gasteiger partial charge in [0.15, 0.2) is 0 Å². The zero-order chi connectivity index (χ0) is 15.1. The highest BCUT2D eigenvalue weighted by Gasteiger charge is 2.18. The van der Waals surface area contributed by atoms with Gasteiger partial charge in [0.25, 0.3) is 0 Å². The summed E-state index contributed by atoms with van der Waals surface area (Å²) in [5.41, 5.74) is 3.68. The van der Waals surface area contributed by atoms with Crippen LogP contribution in [-0.2, 0) is 13.6 Å². The summed E-state index contributed by atoms with van der Waals surface area (Å²) in [4.78, 5) is 4.52. The number of rotatable bonds is 3. The van der Waals surface area contributed by atoms with Crippen molar-refractivity contribution in [2.45, 2.75) is 26.5 Å². The number of aliphatic hydroxyl groups excluding tert-OH is 1. The van der Waals surface area contributed by atoms with Crippen LogP contribution in [0.25, 0.3) is 11.0 Å². The molecule has 0 aliphatic rings. The first-order valence-corrected chi connectivity index (χ1v) is 7.18. The van der Waals surface area contributed by atoms with Crippen LogP contribution in [-0.4, -0.2) is 24.4 Å². The fraction of sp³-hybridized carbons (Fsp3) is 0.333. The normalized spacial score (nSPS) is 13.0. The second-order valence-electron chi connectivity index (χ2n) is 5.20. The third kappa shape index (κ3) is 2.32. The molecule has 5 nitrogen and oxygen atoms in total. The molecule has 1 atom stereocenters. The molecule has 0 fully saturated rings. The molecular weight excluding hydrogens is 288 g/mol. The second kappa shape index (κ2) is 5.16. The van der Waals surface area contributed by atoms with E-state index >= 15 is 0 Å². The Morgan fingerprint density at radius 2 is 2.05 bits per heavy atom. The number of benzene rings is 1. The minimum absolute atomic E-state index is 0.541. The highest BCUT2D eigenvalue weighted by atomic mass is 35.5. The molecule has 110 valence electrons. The van der Waals surface area contributed by atoms with Crippen LogP contribution in [0.15, 0.2) is 24.3 Å². The molecule has 0 amide bonds. The lowest BCUT2D eigenvalue weighted by Gasteiger charge is -2.11. The molecule has 2 heterocycles. The van der Waals surface area contributed by atoms with Gasteiger partial charge < -0.3 is 9.67 Å². The summed E-state index contributed by atoms with van der Waals surface area (Å²) in [6, 6.07) is 7.83. The first-order chi connectivity index (χ1) is 9.99. The number of aliphatic hydroxyl groups is 1. The maximum Gasteiger partial charge on any atom is 0.138 e. The Morgan fingerprint density at radius 3 is 2.67 bits per heavy atom. The van der Waals surface area contributed by atoms with E-state index in [1.165, 1.54) is 0 Å². The van der Waals surface area contributed by atoms with Crippen molar-refractivity contribution < 1.29 is 5.11 Å². The molecular formula is C15H17ClN4O. The predicted molar refractivity (Wildman–Crippen MR) is 82.4 cm³/mol. The van der Waals surface area contributed by atoms with Gasteiger partial charge in [-0.2, -0.15) is 5.10 Å². The van der Waals surface area contributed by atoms with Crippen molar-refractivity contribution in [3.8, 4) is 0 Å². The molecule has 1 aromatic carbocycles. The predicted octanol–water partition coefficient (Wildman–Crippen LogP) is 2.83. The van der Waals surface area contributed by atoms with Gasteiger partial charge in [-0.15, -0.1) is 0 Å². The number of halogens is 1. The molecule has 0 saturated carbocycles. The van der Waals surface area contributed by atoms with Crippen LogP contribution in [0.3, 0.4) is 0 Å². The van der Waals surface area contributed by atoms with Gasteiger partial charge in [-0.25, -0.2) is 4.98 Å². The van der Waals surface area contributed by atoms with E-state index in [1.807, 2.05) is 42.8 Å². The molecule has 0 bridgehead atoms. The maximum absolute atomic E-state index is 9.99. The summed E-state index contributed by atoms with van der Waals surface area (Å²) in [5.74, 6) is 0.635. The maximum atomic E-state index is 9.99. The average molecular weight is 305 g/mol. The molecule has 0 aliphatic carbocycles. The smallest absolute Gasteiger partial charge is 0.138 e. The topological polar surface area (TPSA) is 55.9 Å². The van der Waals surface area contributed by atoms with Gasteiger partial charge in [0, 0.05) is 12.6 Å². The molecule has 0 spiro atoms. The van der Waals surface area contributed by atoms with Crippen LogP contribution in [0.5, 0.6) is 0 Å². The first-order valence-electron chi connectivity index (χ1n) is 6.80. The summed E-state index contributed by atoms with van der Waals surface area (Å²) >= 11 is 6.32. The highest BCUT2D eigenvalue weighted by molar-refractivity contribution is 6.30. The minimum atomic E-state index is -0.645. The Hall–Kier alpha value is -1.85. The third-order valence-corrected chi connectivity index (χ3v) is 4.12. The van der Waals surface area contributed by atoms with E-state index < -0.39 is 6.10 Å². The van der Waals surface area contributed by atoms with Gasteiger partial charge in [0.1, 0.15) is 17.1 Å². The zero-order valence-electron chi connectivity index (χ0n) is 12.2. The SMILES string of the molecule is Cc1nn(C)c(Cl)c1Cn1c([C@H](C)O)nc2ccccc21. The van der Waals surface area contributed by atoms with Crippen molar-refractivity contribution in [2.75, 3.05) is 0 Å².